The molecule has 0 radical (unpaired) electrons. The van der Waals surface area contributed by atoms with Gasteiger partial charge in [-0.05, 0) is 39.7 Å². The first-order valence-electron chi connectivity index (χ1n) is 12.8. The van der Waals surface area contributed by atoms with Crippen LogP contribution in [0.25, 0.3) is 6.08 Å². The molecular weight excluding hydrogens is 416 g/mol. The Morgan fingerprint density at radius 3 is 1.94 bits per heavy atom. The van der Waals surface area contributed by atoms with Gasteiger partial charge in [0.05, 0.1) is 13.2 Å². The Hall–Kier alpha value is -2.30. The number of ether oxygens (including phenoxy) is 3. The number of carbonyl (C=O) groups is 2. The second-order valence-electron chi connectivity index (χ2n) is 8.36. The molecule has 1 atom stereocenters. The monoisotopic (exact) mass is 460 g/mol. The Morgan fingerprint density at radius 2 is 1.36 bits per heavy atom. The maximum atomic E-state index is 12.3. The van der Waals surface area contributed by atoms with Crippen LogP contribution in [0.15, 0.2) is 30.3 Å². The van der Waals surface area contributed by atoms with Crippen LogP contribution in [0.3, 0.4) is 0 Å². The van der Waals surface area contributed by atoms with Crippen LogP contribution in [0.5, 0.6) is 5.75 Å². The maximum Gasteiger partial charge on any atom is 0.324 e. The number of rotatable bonds is 18. The molecule has 0 N–H and O–H groups in total. The molecule has 0 saturated carbocycles. The van der Waals surface area contributed by atoms with Crippen molar-refractivity contribution in [1.29, 1.82) is 0 Å². The second-order valence-corrected chi connectivity index (χ2v) is 8.36. The van der Waals surface area contributed by atoms with Crippen LogP contribution in [0, 0.1) is 5.92 Å². The molecule has 0 heterocycles. The van der Waals surface area contributed by atoms with E-state index in [1.165, 1.54) is 57.8 Å². The topological polar surface area (TPSA) is 61.8 Å². The van der Waals surface area contributed by atoms with Gasteiger partial charge in [0.25, 0.3) is 0 Å². The molecule has 1 aromatic rings. The summed E-state index contributed by atoms with van der Waals surface area (Å²) in [4.78, 5) is 24.7. The molecule has 1 aromatic carbocycles. The van der Waals surface area contributed by atoms with E-state index >= 15 is 0 Å². The molecule has 0 aliphatic heterocycles. The van der Waals surface area contributed by atoms with Crippen molar-refractivity contribution in [3.63, 3.8) is 0 Å². The van der Waals surface area contributed by atoms with E-state index in [0.29, 0.717) is 5.75 Å². The van der Waals surface area contributed by atoms with Gasteiger partial charge in [0.15, 0.2) is 5.92 Å². The lowest BCUT2D eigenvalue weighted by Crippen LogP contribution is -2.39. The number of allylic oxidation sites excluding steroid dienone is 1. The number of carbonyl (C=O) groups excluding carboxylic acids is 2. The average Bonchev–Trinajstić information content (AvgIpc) is 2.79. The van der Waals surface area contributed by atoms with E-state index in [0.717, 1.165) is 12.0 Å². The minimum Gasteiger partial charge on any atom is -0.489 e. The SMILES string of the molecule is CCCCCCCCCCC/C=C/c1ccccc1OC(C)C(C(=O)OCC)C(=O)OCC. The van der Waals surface area contributed by atoms with Crippen LogP contribution in [0.2, 0.25) is 0 Å². The quantitative estimate of drug-likeness (QED) is 0.132. The Morgan fingerprint density at radius 1 is 0.818 bits per heavy atom. The third-order valence-electron chi connectivity index (χ3n) is 5.55. The molecule has 0 aliphatic rings. The summed E-state index contributed by atoms with van der Waals surface area (Å²) in [5.41, 5.74) is 0.923. The standard InChI is InChI=1S/C28H44O5/c1-5-8-9-10-11-12-13-14-15-16-17-20-24-21-18-19-22-25(24)33-23(4)26(27(29)31-6-2)28(30)32-7-3/h17-23,26H,5-16H2,1-4H3/b20-17+. The highest BCUT2D eigenvalue weighted by Crippen LogP contribution is 2.24. The summed E-state index contributed by atoms with van der Waals surface area (Å²) in [6, 6.07) is 7.65. The van der Waals surface area contributed by atoms with Crippen LogP contribution < -0.4 is 4.74 Å². The van der Waals surface area contributed by atoms with Crippen LogP contribution in [0.1, 0.15) is 97.5 Å². The van der Waals surface area contributed by atoms with Crippen molar-refractivity contribution in [3.8, 4) is 5.75 Å². The molecule has 0 amide bonds. The molecule has 0 spiro atoms. The lowest BCUT2D eigenvalue weighted by Gasteiger charge is -2.22. The molecule has 186 valence electrons. The summed E-state index contributed by atoms with van der Waals surface area (Å²) >= 11 is 0. The van der Waals surface area contributed by atoms with Gasteiger partial charge in [0, 0.05) is 5.56 Å². The zero-order chi connectivity index (χ0) is 24.3. The number of hydrogen-bond donors (Lipinski definition) is 0. The molecule has 5 heteroatoms. The highest BCUT2D eigenvalue weighted by Gasteiger charge is 2.36. The number of unbranched alkanes of at least 4 members (excludes halogenated alkanes) is 9. The molecule has 0 aliphatic carbocycles. The average molecular weight is 461 g/mol. The summed E-state index contributed by atoms with van der Waals surface area (Å²) in [5.74, 6) is -1.74. The number of esters is 2. The minimum absolute atomic E-state index is 0.194. The Kier molecular flexibility index (Phi) is 15.8. The summed E-state index contributed by atoms with van der Waals surface area (Å²) in [7, 11) is 0. The van der Waals surface area contributed by atoms with Crippen molar-refractivity contribution in [3.05, 3.63) is 35.9 Å². The van der Waals surface area contributed by atoms with E-state index in [1.54, 1.807) is 20.8 Å². The van der Waals surface area contributed by atoms with Crippen LogP contribution in [0.4, 0.5) is 0 Å². The third kappa shape index (κ3) is 11.9. The molecule has 5 nitrogen and oxygen atoms in total. The Balaban J connectivity index is 2.57. The third-order valence-corrected chi connectivity index (χ3v) is 5.55. The largest absolute Gasteiger partial charge is 0.489 e. The van der Waals surface area contributed by atoms with Crippen molar-refractivity contribution in [2.75, 3.05) is 13.2 Å². The molecule has 0 aromatic heterocycles. The van der Waals surface area contributed by atoms with Crippen LogP contribution in [-0.2, 0) is 19.1 Å². The lowest BCUT2D eigenvalue weighted by atomic mass is 10.0. The fourth-order valence-corrected chi connectivity index (χ4v) is 3.72. The van der Waals surface area contributed by atoms with E-state index in [2.05, 4.69) is 19.1 Å². The van der Waals surface area contributed by atoms with Crippen molar-refractivity contribution in [2.45, 2.75) is 98.0 Å². The van der Waals surface area contributed by atoms with Crippen molar-refractivity contribution < 1.29 is 23.8 Å². The van der Waals surface area contributed by atoms with Gasteiger partial charge in [-0.2, -0.15) is 0 Å². The summed E-state index contributed by atoms with van der Waals surface area (Å²) in [6.45, 7) is 7.75. The molecule has 0 bridgehead atoms. The molecule has 33 heavy (non-hydrogen) atoms. The first-order chi connectivity index (χ1) is 16.0. The van der Waals surface area contributed by atoms with Gasteiger partial charge in [-0.25, -0.2) is 0 Å². The van der Waals surface area contributed by atoms with Crippen LogP contribution >= 0.6 is 0 Å². The van der Waals surface area contributed by atoms with Crippen LogP contribution in [-0.4, -0.2) is 31.3 Å². The molecule has 0 fully saturated rings. The molecular formula is C28H44O5. The predicted octanol–water partition coefficient (Wildman–Crippen LogP) is 7.13. The number of benzene rings is 1. The van der Waals surface area contributed by atoms with E-state index < -0.39 is 24.0 Å². The van der Waals surface area contributed by atoms with Gasteiger partial charge in [0.2, 0.25) is 0 Å². The first kappa shape index (κ1) is 28.7. The zero-order valence-electron chi connectivity index (χ0n) is 21.1. The van der Waals surface area contributed by atoms with Gasteiger partial charge in [-0.1, -0.05) is 88.6 Å². The smallest absolute Gasteiger partial charge is 0.324 e. The summed E-state index contributed by atoms with van der Waals surface area (Å²) in [6.07, 6.45) is 16.4. The predicted molar refractivity (Wildman–Crippen MR) is 134 cm³/mol. The van der Waals surface area contributed by atoms with Gasteiger partial charge in [0.1, 0.15) is 11.9 Å². The first-order valence-corrected chi connectivity index (χ1v) is 12.8. The fraction of sp³-hybridized carbons (Fsp3) is 0.643. The van der Waals surface area contributed by atoms with Gasteiger partial charge in [-0.15, -0.1) is 0 Å². The van der Waals surface area contributed by atoms with Gasteiger partial charge < -0.3 is 14.2 Å². The number of para-hydroxylation sites is 1. The maximum absolute atomic E-state index is 12.3. The summed E-state index contributed by atoms with van der Waals surface area (Å²) < 4.78 is 16.2. The molecule has 0 saturated heterocycles. The zero-order valence-corrected chi connectivity index (χ0v) is 21.1. The Labute approximate surface area is 200 Å². The van der Waals surface area contributed by atoms with E-state index in [9.17, 15) is 9.59 Å². The minimum atomic E-state index is -1.12. The van der Waals surface area contributed by atoms with E-state index in [-0.39, 0.29) is 13.2 Å². The normalized spacial score (nSPS) is 12.2. The second kappa shape index (κ2) is 18.2. The summed E-state index contributed by atoms with van der Waals surface area (Å²) in [5, 5.41) is 0. The highest BCUT2D eigenvalue weighted by molar-refractivity contribution is 5.95. The lowest BCUT2D eigenvalue weighted by molar-refractivity contribution is -0.165. The van der Waals surface area contributed by atoms with Gasteiger partial charge in [-0.3, -0.25) is 9.59 Å². The fourth-order valence-electron chi connectivity index (χ4n) is 3.72. The highest BCUT2D eigenvalue weighted by atomic mass is 16.6. The van der Waals surface area contributed by atoms with Crippen molar-refractivity contribution >= 4 is 18.0 Å². The Bertz CT molecular complexity index is 679. The molecule has 1 rings (SSSR count). The van der Waals surface area contributed by atoms with E-state index in [4.69, 9.17) is 14.2 Å². The van der Waals surface area contributed by atoms with Gasteiger partial charge >= 0.3 is 11.9 Å². The van der Waals surface area contributed by atoms with Crippen molar-refractivity contribution in [2.24, 2.45) is 5.92 Å². The van der Waals surface area contributed by atoms with Crippen molar-refractivity contribution in [1.82, 2.24) is 0 Å². The molecule has 1 unspecified atom stereocenters. The number of hydrogen-bond acceptors (Lipinski definition) is 5. The van der Waals surface area contributed by atoms with E-state index in [1.807, 2.05) is 24.3 Å².